The van der Waals surface area contributed by atoms with Gasteiger partial charge in [0, 0.05) is 25.3 Å². The molecule has 0 aliphatic rings. The minimum atomic E-state index is -0.00493. The van der Waals surface area contributed by atoms with Crippen molar-refractivity contribution in [2.75, 3.05) is 13.1 Å². The lowest BCUT2D eigenvalue weighted by Crippen LogP contribution is -2.43. The van der Waals surface area contributed by atoms with Crippen molar-refractivity contribution in [2.24, 2.45) is 12.0 Å². The molecule has 0 aliphatic carbocycles. The monoisotopic (exact) mass is 513 g/mol. The Labute approximate surface area is 192 Å². The third kappa shape index (κ3) is 7.53. The number of nitrogens with one attached hydrogen (secondary N) is 2. The molecule has 6 nitrogen and oxygen atoms in total. The first-order valence-corrected chi connectivity index (χ1v) is 10.1. The van der Waals surface area contributed by atoms with Crippen molar-refractivity contribution in [3.05, 3.63) is 46.8 Å². The van der Waals surface area contributed by atoms with Gasteiger partial charge >= 0.3 is 0 Å². The molecule has 0 bridgehead atoms. The maximum absolute atomic E-state index is 6.03. The second-order valence-corrected chi connectivity index (χ2v) is 7.44. The topological polar surface area (TPSA) is 63.5 Å². The van der Waals surface area contributed by atoms with Gasteiger partial charge in [0.25, 0.3) is 0 Å². The lowest BCUT2D eigenvalue weighted by atomic mass is 10.1. The summed E-state index contributed by atoms with van der Waals surface area (Å²) < 4.78 is 7.98. The fraction of sp³-hybridized carbons (Fsp3) is 0.545. The summed E-state index contributed by atoms with van der Waals surface area (Å²) >= 11 is 0. The number of ether oxygens (including phenoxy) is 1. The van der Waals surface area contributed by atoms with Crippen molar-refractivity contribution < 1.29 is 4.74 Å². The highest BCUT2D eigenvalue weighted by atomic mass is 127. The average molecular weight is 513 g/mol. The molecule has 1 aromatic heterocycles. The van der Waals surface area contributed by atoms with Crippen molar-refractivity contribution in [2.45, 2.75) is 60.1 Å². The molecule has 2 aromatic rings. The Balaban J connectivity index is 0.00000420. The van der Waals surface area contributed by atoms with Crippen molar-refractivity contribution >= 4 is 29.9 Å². The Bertz CT molecular complexity index is 802. The Morgan fingerprint density at radius 1 is 1.21 bits per heavy atom. The molecule has 162 valence electrons. The van der Waals surface area contributed by atoms with E-state index in [1.165, 1.54) is 11.3 Å². The van der Waals surface area contributed by atoms with Crippen LogP contribution in [0.3, 0.4) is 0 Å². The van der Waals surface area contributed by atoms with E-state index in [1.54, 1.807) is 0 Å². The van der Waals surface area contributed by atoms with E-state index in [1.807, 2.05) is 36.9 Å². The van der Waals surface area contributed by atoms with Gasteiger partial charge in [0.05, 0.1) is 12.2 Å². The summed E-state index contributed by atoms with van der Waals surface area (Å²) in [7, 11) is 1.99. The smallest absolute Gasteiger partial charge is 0.191 e. The number of benzene rings is 1. The number of hydrogen-bond donors (Lipinski definition) is 2. The van der Waals surface area contributed by atoms with E-state index in [4.69, 9.17) is 9.73 Å². The molecule has 0 aliphatic heterocycles. The molecule has 0 spiro atoms. The lowest BCUT2D eigenvalue weighted by Gasteiger charge is -2.19. The average Bonchev–Trinajstić information content (AvgIpc) is 2.88. The number of aliphatic imine (C=N–C) groups is 1. The number of nitrogens with zero attached hydrogens (tertiary/aromatic N) is 3. The number of hydrogen-bond acceptors (Lipinski definition) is 3. The highest BCUT2D eigenvalue weighted by molar-refractivity contribution is 14.0. The molecule has 2 unspecified atom stereocenters. The summed E-state index contributed by atoms with van der Waals surface area (Å²) in [6.45, 7) is 13.9. The van der Waals surface area contributed by atoms with Crippen LogP contribution < -0.4 is 15.4 Å². The van der Waals surface area contributed by atoms with Gasteiger partial charge in [-0.3, -0.25) is 4.68 Å². The molecule has 0 saturated heterocycles. The number of aromatic nitrogens is 2. The van der Waals surface area contributed by atoms with Crippen molar-refractivity contribution in [3.63, 3.8) is 0 Å². The highest BCUT2D eigenvalue weighted by Crippen LogP contribution is 2.18. The molecule has 7 heteroatoms. The minimum Gasteiger partial charge on any atom is -0.489 e. The maximum Gasteiger partial charge on any atom is 0.191 e. The van der Waals surface area contributed by atoms with E-state index in [0.717, 1.165) is 35.9 Å². The highest BCUT2D eigenvalue weighted by Gasteiger charge is 2.14. The van der Waals surface area contributed by atoms with Crippen molar-refractivity contribution in [1.82, 2.24) is 20.4 Å². The van der Waals surface area contributed by atoms with Crippen LogP contribution in [0.15, 0.2) is 29.3 Å². The third-order valence-corrected chi connectivity index (χ3v) is 4.82. The molecule has 0 saturated carbocycles. The first-order chi connectivity index (χ1) is 13.3. The zero-order valence-corrected chi connectivity index (χ0v) is 21.1. The molecule has 2 rings (SSSR count). The number of para-hydroxylation sites is 1. The first-order valence-electron chi connectivity index (χ1n) is 10.1. The number of halogens is 1. The fourth-order valence-corrected chi connectivity index (χ4v) is 3.19. The van der Waals surface area contributed by atoms with E-state index < -0.39 is 0 Å². The van der Waals surface area contributed by atoms with Gasteiger partial charge in [0.15, 0.2) is 5.96 Å². The van der Waals surface area contributed by atoms with Gasteiger partial charge in [0.2, 0.25) is 0 Å². The van der Waals surface area contributed by atoms with Gasteiger partial charge in [-0.05, 0) is 65.2 Å². The van der Waals surface area contributed by atoms with Gasteiger partial charge in [0.1, 0.15) is 11.9 Å². The predicted molar refractivity (Wildman–Crippen MR) is 132 cm³/mol. The van der Waals surface area contributed by atoms with E-state index >= 15 is 0 Å². The Hall–Kier alpha value is -1.77. The number of guanidine groups is 1. The zero-order chi connectivity index (χ0) is 20.7. The summed E-state index contributed by atoms with van der Waals surface area (Å²) in [6.07, 6.45) is 0.903. The van der Waals surface area contributed by atoms with Crippen molar-refractivity contribution in [3.8, 4) is 5.75 Å². The molecule has 2 N–H and O–H groups in total. The van der Waals surface area contributed by atoms with E-state index in [-0.39, 0.29) is 36.1 Å². The van der Waals surface area contributed by atoms with E-state index in [2.05, 4.69) is 56.4 Å². The molecular formula is C22H36IN5O. The normalized spacial score (nSPS) is 13.4. The van der Waals surface area contributed by atoms with Gasteiger partial charge in [-0.15, -0.1) is 24.0 Å². The van der Waals surface area contributed by atoms with Crippen LogP contribution in [0.2, 0.25) is 0 Å². The summed E-state index contributed by atoms with van der Waals surface area (Å²) in [5.74, 6) is 1.73. The summed E-state index contributed by atoms with van der Waals surface area (Å²) in [6, 6.07) is 8.31. The summed E-state index contributed by atoms with van der Waals surface area (Å²) in [5, 5.41) is 11.3. The maximum atomic E-state index is 6.03. The van der Waals surface area contributed by atoms with Crippen LogP contribution in [0.25, 0.3) is 0 Å². The minimum absolute atomic E-state index is 0. The second-order valence-electron chi connectivity index (χ2n) is 7.44. The summed E-state index contributed by atoms with van der Waals surface area (Å²) in [4.78, 5) is 4.72. The third-order valence-electron chi connectivity index (χ3n) is 4.82. The van der Waals surface area contributed by atoms with Gasteiger partial charge in [-0.25, -0.2) is 4.99 Å². The van der Waals surface area contributed by atoms with Crippen LogP contribution in [-0.4, -0.2) is 41.0 Å². The predicted octanol–water partition coefficient (Wildman–Crippen LogP) is 3.92. The van der Waals surface area contributed by atoms with Gasteiger partial charge < -0.3 is 15.4 Å². The lowest BCUT2D eigenvalue weighted by molar-refractivity contribution is 0.228. The standard InChI is InChI=1S/C22H35N5O.HI/c1-8-23-22(24-14-17(4)28-21-12-10-9-11-15(21)2)25-16(3)13-20-18(5)26-27(7)19(20)6;/h9-12,16-17H,8,13-14H2,1-7H3,(H2,23,24,25);1H. The van der Waals surface area contributed by atoms with Crippen LogP contribution in [-0.2, 0) is 13.5 Å². The molecule has 29 heavy (non-hydrogen) atoms. The molecule has 0 radical (unpaired) electrons. The van der Waals surface area contributed by atoms with Crippen LogP contribution in [0.4, 0.5) is 0 Å². The molecule has 0 amide bonds. The SMILES string of the molecule is CCNC(=NCC(C)Oc1ccccc1C)NC(C)Cc1c(C)nn(C)c1C.I. The molecule has 1 heterocycles. The van der Waals surface area contributed by atoms with Crippen LogP contribution in [0.5, 0.6) is 5.75 Å². The zero-order valence-electron chi connectivity index (χ0n) is 18.7. The van der Waals surface area contributed by atoms with Crippen LogP contribution >= 0.6 is 24.0 Å². The van der Waals surface area contributed by atoms with E-state index in [0.29, 0.717) is 6.54 Å². The van der Waals surface area contributed by atoms with Crippen molar-refractivity contribution in [1.29, 1.82) is 0 Å². The first kappa shape index (κ1) is 25.3. The second kappa shape index (κ2) is 12.0. The van der Waals surface area contributed by atoms with Crippen LogP contribution in [0, 0.1) is 20.8 Å². The van der Waals surface area contributed by atoms with Gasteiger partial charge in [-0.2, -0.15) is 5.10 Å². The summed E-state index contributed by atoms with van der Waals surface area (Å²) in [5.41, 5.74) is 4.75. The molecule has 0 fully saturated rings. The number of rotatable bonds is 8. The quantitative estimate of drug-likeness (QED) is 0.319. The van der Waals surface area contributed by atoms with E-state index in [9.17, 15) is 0 Å². The number of aryl methyl sites for hydroxylation is 3. The Morgan fingerprint density at radius 2 is 1.90 bits per heavy atom. The van der Waals surface area contributed by atoms with Crippen LogP contribution in [0.1, 0.15) is 43.3 Å². The molecule has 1 aromatic carbocycles. The fourth-order valence-electron chi connectivity index (χ4n) is 3.19. The Kier molecular flexibility index (Phi) is 10.5. The van der Waals surface area contributed by atoms with Gasteiger partial charge in [-0.1, -0.05) is 18.2 Å². The molecule has 2 atom stereocenters. The Morgan fingerprint density at radius 3 is 2.48 bits per heavy atom. The molecular weight excluding hydrogens is 477 g/mol. The largest absolute Gasteiger partial charge is 0.489 e.